The van der Waals surface area contributed by atoms with Crippen LogP contribution in [0.1, 0.15) is 249 Å². The van der Waals surface area contributed by atoms with Crippen molar-refractivity contribution in [3.8, 4) is 30.8 Å². The highest BCUT2D eigenvalue weighted by Gasteiger charge is 2.51. The van der Waals surface area contributed by atoms with Gasteiger partial charge in [0, 0.05) is 109 Å². The Balaban J connectivity index is 0.000000121. The molecule has 4 N–H and O–H groups in total. The van der Waals surface area contributed by atoms with Gasteiger partial charge in [0.05, 0.1) is 27.6 Å². The van der Waals surface area contributed by atoms with E-state index in [2.05, 4.69) is 129 Å². The number of nitrogens with one attached hydrogen (secondary N) is 4. The van der Waals surface area contributed by atoms with Crippen LogP contribution >= 0.6 is 11.6 Å². The number of terminal acetylenes is 2. The second-order valence-corrected chi connectivity index (χ2v) is 39.5. The molecule has 8 fully saturated rings. The minimum absolute atomic E-state index is 0.0492. The zero-order chi connectivity index (χ0) is 90.1. The van der Waals surface area contributed by atoms with Crippen molar-refractivity contribution < 1.29 is 36.7 Å². The number of carbonyl (C=O) groups excluding carboxylic acids is 4. The molecule has 18 atom stereocenters. The average molecular weight is 1750 g/mol. The standard InChI is InChI=1S/C29H29FN2O.C27H28ClFN2O.C27H26FN3O.C26H25FN4O/c1-4-18-5-7-19(8-6-18)28(33)32-29(2,3)23-15-20-13-22(14-21(20)16-23)25-11-12-31-27-10-9-24(30)17-26(25)27;1-27(2,31-26(32)16-3-5-21(28)6-4-16)20-13-17-11-19(12-18(17)14-20)23-9-10-30-25-8-7-22(29)15-24(23)25;1-3-17-4-6-26(30-15-17)27(32)31-16(2)18-10-19-12-21(13-20(19)11-18)23-8-9-29-25-7-5-22(28)14-24(23)25;1-15(31-26(32)25-4-2-16(13-28)14-30-25)17-8-18-10-20(11-19(18)9-17)22-6-7-29-24-5-3-21(27)12-23(22)24/h1,5-12,17,20-23H,13-16H2,2-3H3,(H,32,33);3-10,15,17-20H,11-14H2,1-2H3,(H,31,32);1,4-9,14-16,18-21H,10-13H2,2H3,(H,31,32);2-7,12,14-15,17-20H,8-11H2,1H3,(H,31,32)/t20-,21+,22?,23?;17-,18+,19?,20?;16?,18?,19-,20+,21?;15?,17?,18-,19+,20?. The molecule has 6 aromatic carbocycles. The molecule has 20 rings (SSSR count). The zero-order valence-corrected chi connectivity index (χ0v) is 74.4. The summed E-state index contributed by atoms with van der Waals surface area (Å²) in [6.45, 7) is 12.7. The summed E-state index contributed by atoms with van der Waals surface area (Å²) < 4.78 is 55.5. The van der Waals surface area contributed by atoms with E-state index in [1.807, 2.05) is 30.9 Å². The molecule has 0 aliphatic heterocycles. The molecule has 10 unspecified atom stereocenters. The van der Waals surface area contributed by atoms with Gasteiger partial charge in [-0.15, -0.1) is 12.8 Å². The van der Waals surface area contributed by atoms with Crippen molar-refractivity contribution in [3.63, 3.8) is 0 Å². The molecule has 0 spiro atoms. The van der Waals surface area contributed by atoms with Crippen molar-refractivity contribution in [1.29, 1.82) is 5.26 Å². The molecule has 15 nitrogen and oxygen atoms in total. The number of hydrogen-bond acceptors (Lipinski definition) is 11. The fourth-order valence-corrected chi connectivity index (χ4v) is 23.9. The molecule has 20 heteroatoms. The van der Waals surface area contributed by atoms with Crippen molar-refractivity contribution in [2.24, 2.45) is 71.0 Å². The van der Waals surface area contributed by atoms with Gasteiger partial charge < -0.3 is 21.3 Å². The summed E-state index contributed by atoms with van der Waals surface area (Å²) in [5.41, 5.74) is 11.7. The van der Waals surface area contributed by atoms with Gasteiger partial charge in [0.25, 0.3) is 23.6 Å². The number of halogens is 5. The Morgan fingerprint density at radius 2 is 0.659 bits per heavy atom. The third kappa shape index (κ3) is 19.7. The maximum atomic E-state index is 13.9. The first-order chi connectivity index (χ1) is 62.2. The number of carbonyl (C=O) groups is 4. The van der Waals surface area contributed by atoms with Crippen LogP contribution in [0.3, 0.4) is 0 Å². The fourth-order valence-electron chi connectivity index (χ4n) is 23.8. The first kappa shape index (κ1) is 88.8. The summed E-state index contributed by atoms with van der Waals surface area (Å²) in [4.78, 5) is 76.7. The predicted octanol–water partition coefficient (Wildman–Crippen LogP) is 22.9. The van der Waals surface area contributed by atoms with Crippen molar-refractivity contribution in [2.75, 3.05) is 0 Å². The first-order valence-corrected chi connectivity index (χ1v) is 46.1. The molecule has 6 heterocycles. The van der Waals surface area contributed by atoms with Gasteiger partial charge >= 0.3 is 0 Å². The Kier molecular flexibility index (Phi) is 26.0. The molecule has 0 bridgehead atoms. The van der Waals surface area contributed by atoms with Crippen LogP contribution in [0.4, 0.5) is 17.6 Å². The highest BCUT2D eigenvalue weighted by atomic mass is 35.5. The van der Waals surface area contributed by atoms with Gasteiger partial charge in [-0.2, -0.15) is 5.26 Å². The maximum absolute atomic E-state index is 13.9. The minimum atomic E-state index is -0.284. The molecule has 658 valence electrons. The number of pyridine rings is 6. The molecular weight excluding hydrogens is 1640 g/mol. The van der Waals surface area contributed by atoms with E-state index in [4.69, 9.17) is 29.7 Å². The fraction of sp³-hybridized carbons (Fsp3) is 0.385. The van der Waals surface area contributed by atoms with Gasteiger partial charge in [-0.1, -0.05) is 23.4 Å². The third-order valence-electron chi connectivity index (χ3n) is 30.6. The van der Waals surface area contributed by atoms with E-state index in [9.17, 15) is 36.7 Å². The Bertz CT molecular complexity index is 6080. The highest BCUT2D eigenvalue weighted by molar-refractivity contribution is 6.30. The average Bonchev–Trinajstić information content (AvgIpc) is 1.56. The smallest absolute Gasteiger partial charge is 0.270 e. The molecule has 8 saturated carbocycles. The minimum Gasteiger partial charge on any atom is -0.348 e. The Hall–Kier alpha value is -12.2. The quantitative estimate of drug-likeness (QED) is 0.0527. The number of rotatable bonds is 16. The van der Waals surface area contributed by atoms with Crippen LogP contribution < -0.4 is 21.3 Å². The van der Waals surface area contributed by atoms with E-state index >= 15 is 0 Å². The lowest BCUT2D eigenvalue weighted by Crippen LogP contribution is -2.48. The molecule has 8 aliphatic rings. The van der Waals surface area contributed by atoms with E-state index in [0.29, 0.717) is 133 Å². The molecule has 12 aromatic rings. The summed E-state index contributed by atoms with van der Waals surface area (Å²) in [6, 6.07) is 50.7. The van der Waals surface area contributed by atoms with Crippen LogP contribution in [0.25, 0.3) is 43.6 Å². The number of amides is 4. The number of nitriles is 1. The number of nitrogens with zero attached hydrogens (tertiary/aromatic N) is 7. The largest absolute Gasteiger partial charge is 0.348 e. The van der Waals surface area contributed by atoms with Gasteiger partial charge in [-0.05, 0) is 431 Å². The van der Waals surface area contributed by atoms with Gasteiger partial charge in [0.2, 0.25) is 0 Å². The molecule has 0 saturated heterocycles. The third-order valence-corrected chi connectivity index (χ3v) is 30.8. The van der Waals surface area contributed by atoms with Gasteiger partial charge in [0.1, 0.15) is 40.7 Å². The summed E-state index contributed by atoms with van der Waals surface area (Å²) in [7, 11) is 0. The normalized spacial score (nSPS) is 25.0. The number of hydrogen-bond donors (Lipinski definition) is 4. The lowest BCUT2D eigenvalue weighted by Gasteiger charge is -2.34. The zero-order valence-electron chi connectivity index (χ0n) is 73.6. The summed E-state index contributed by atoms with van der Waals surface area (Å²) in [6.07, 6.45) is 38.9. The maximum Gasteiger partial charge on any atom is 0.270 e. The summed E-state index contributed by atoms with van der Waals surface area (Å²) >= 11 is 5.95. The molecular formula is C109H108ClF4N11O4. The van der Waals surface area contributed by atoms with Crippen LogP contribution in [0.2, 0.25) is 5.02 Å². The monoisotopic (exact) mass is 1750 g/mol. The predicted molar refractivity (Wildman–Crippen MR) is 497 cm³/mol. The van der Waals surface area contributed by atoms with Crippen LogP contribution in [0, 0.1) is 130 Å². The van der Waals surface area contributed by atoms with E-state index in [-0.39, 0.29) is 70.1 Å². The highest BCUT2D eigenvalue weighted by Crippen LogP contribution is 2.59. The number of aromatic nitrogens is 6. The molecule has 4 amide bonds. The van der Waals surface area contributed by atoms with Gasteiger partial charge in [0.15, 0.2) is 0 Å². The second-order valence-electron chi connectivity index (χ2n) is 39.0. The molecule has 129 heavy (non-hydrogen) atoms. The van der Waals surface area contributed by atoms with Crippen molar-refractivity contribution in [1.82, 2.24) is 51.2 Å². The summed E-state index contributed by atoms with van der Waals surface area (Å²) in [5.74, 6) is 12.5. The van der Waals surface area contributed by atoms with E-state index in [1.54, 1.807) is 128 Å². The second kappa shape index (κ2) is 37.8. The molecule has 6 aromatic heterocycles. The van der Waals surface area contributed by atoms with E-state index < -0.39 is 0 Å². The van der Waals surface area contributed by atoms with Gasteiger partial charge in [-0.25, -0.2) is 27.5 Å². The van der Waals surface area contributed by atoms with Crippen molar-refractivity contribution >= 4 is 78.8 Å². The van der Waals surface area contributed by atoms with Gasteiger partial charge in [-0.3, -0.25) is 39.1 Å². The Labute approximate surface area is 757 Å². The lowest BCUT2D eigenvalue weighted by atomic mass is 9.82. The van der Waals surface area contributed by atoms with Crippen LogP contribution in [0.15, 0.2) is 207 Å². The van der Waals surface area contributed by atoms with Crippen LogP contribution in [0.5, 0.6) is 0 Å². The Morgan fingerprint density at radius 3 is 0.946 bits per heavy atom. The van der Waals surface area contributed by atoms with Crippen LogP contribution in [-0.2, 0) is 0 Å². The lowest BCUT2D eigenvalue weighted by molar-refractivity contribution is 0.0868. The van der Waals surface area contributed by atoms with Crippen molar-refractivity contribution in [3.05, 3.63) is 297 Å². The number of fused-ring (bicyclic) bond motifs is 8. The molecule has 8 aliphatic carbocycles. The van der Waals surface area contributed by atoms with E-state index in [0.717, 1.165) is 152 Å². The topological polar surface area (TPSA) is 218 Å². The Morgan fingerprint density at radius 1 is 0.372 bits per heavy atom. The summed E-state index contributed by atoms with van der Waals surface area (Å²) in [5, 5.41) is 26.1. The first-order valence-electron chi connectivity index (χ1n) is 45.7. The van der Waals surface area contributed by atoms with Crippen molar-refractivity contribution in [2.45, 2.75) is 191 Å². The number of benzene rings is 6. The van der Waals surface area contributed by atoms with Crippen LogP contribution in [-0.4, -0.2) is 76.7 Å². The SMILES string of the molecule is C#Cc1ccc(C(=O)NC(C)(C)C2C[C@H]3CC(c4ccnc5ccc(F)cc45)C[C@H]3C2)cc1.C#Cc1ccc(C(=O)NC(C)C2C[C@H]3CC(c4ccnc5ccc(F)cc45)C[C@H]3C2)nc1.CC(C)(NC(=O)c1ccc(Cl)cc1)C1C[C@H]2CC(c3ccnc4ccc(F)cc34)C[C@H]2C1.CC(NC(=O)c1ccc(C#N)cn1)C1C[C@H]2CC(c3ccnc4ccc(F)cc34)C[C@H]2C1. The molecule has 0 radical (unpaired) electrons. The van der Waals surface area contributed by atoms with E-state index in [1.165, 1.54) is 52.7 Å².